The van der Waals surface area contributed by atoms with Gasteiger partial charge < -0.3 is 10.1 Å². The van der Waals surface area contributed by atoms with E-state index in [1.165, 1.54) is 17.5 Å². The van der Waals surface area contributed by atoms with Gasteiger partial charge in [-0.1, -0.05) is 13.0 Å². The maximum absolute atomic E-state index is 13.0. The molecule has 2 rings (SSSR count). The highest BCUT2D eigenvalue weighted by Gasteiger charge is 2.30. The van der Waals surface area contributed by atoms with E-state index in [0.717, 1.165) is 25.9 Å². The first kappa shape index (κ1) is 21.9. The third-order valence-corrected chi connectivity index (χ3v) is 6.52. The van der Waals surface area contributed by atoms with E-state index in [1.54, 1.807) is 19.1 Å². The first-order valence-corrected chi connectivity index (χ1v) is 9.74. The second kappa shape index (κ2) is 9.52. The first-order chi connectivity index (χ1) is 11.4. The van der Waals surface area contributed by atoms with Crippen LogP contribution in [0.1, 0.15) is 35.7 Å². The fraction of sp³-hybridized carbons (Fsp3) is 0.588. The van der Waals surface area contributed by atoms with E-state index in [9.17, 15) is 13.2 Å². The van der Waals surface area contributed by atoms with Crippen LogP contribution in [0.25, 0.3) is 0 Å². The second-order valence-electron chi connectivity index (χ2n) is 6.13. The van der Waals surface area contributed by atoms with Crippen molar-refractivity contribution < 1.29 is 17.9 Å². The molecule has 1 aliphatic heterocycles. The van der Waals surface area contributed by atoms with E-state index in [0.29, 0.717) is 24.6 Å². The van der Waals surface area contributed by atoms with Crippen LogP contribution in [-0.2, 0) is 14.8 Å². The highest BCUT2D eigenvalue weighted by molar-refractivity contribution is 7.89. The van der Waals surface area contributed by atoms with Crippen LogP contribution in [0, 0.1) is 12.8 Å². The van der Waals surface area contributed by atoms with E-state index < -0.39 is 16.0 Å². The highest BCUT2D eigenvalue weighted by atomic mass is 35.5. The molecule has 0 saturated carbocycles. The lowest BCUT2D eigenvalue weighted by Gasteiger charge is -2.31. The Morgan fingerprint density at radius 2 is 1.96 bits per heavy atom. The van der Waals surface area contributed by atoms with Gasteiger partial charge in [-0.3, -0.25) is 0 Å². The number of esters is 1. The average Bonchev–Trinajstić information content (AvgIpc) is 2.59. The van der Waals surface area contributed by atoms with Crippen LogP contribution in [0.15, 0.2) is 23.1 Å². The quantitative estimate of drug-likeness (QED) is 0.753. The minimum absolute atomic E-state index is 0. The van der Waals surface area contributed by atoms with Crippen molar-refractivity contribution in [3.05, 3.63) is 29.3 Å². The largest absolute Gasteiger partial charge is 0.465 e. The normalized spacial score (nSPS) is 16.3. The standard InChI is InChI=1S/C17H26N2O4S.ClH/c1-4-18-12-14-7-9-19(10-8-14)24(21,22)16-11-15(17(20)23-3)6-5-13(16)2;/h5-6,11,14,18H,4,7-10,12H2,1-3H3;1H. The van der Waals surface area contributed by atoms with Gasteiger partial charge in [-0.05, 0) is 56.5 Å². The SMILES string of the molecule is CCNCC1CCN(S(=O)(=O)c2cc(C(=O)OC)ccc2C)CC1.Cl. The molecule has 1 aromatic carbocycles. The van der Waals surface area contributed by atoms with Crippen molar-refractivity contribution in [1.29, 1.82) is 0 Å². The van der Waals surface area contributed by atoms with Gasteiger partial charge in [0.15, 0.2) is 0 Å². The summed E-state index contributed by atoms with van der Waals surface area (Å²) >= 11 is 0. The van der Waals surface area contributed by atoms with E-state index in [1.807, 2.05) is 0 Å². The maximum Gasteiger partial charge on any atom is 0.337 e. The molecule has 0 aliphatic carbocycles. The molecule has 1 saturated heterocycles. The van der Waals surface area contributed by atoms with Crippen molar-refractivity contribution in [2.24, 2.45) is 5.92 Å². The monoisotopic (exact) mass is 390 g/mol. The van der Waals surface area contributed by atoms with Crippen LogP contribution in [0.2, 0.25) is 0 Å². The number of carbonyl (C=O) groups excluding carboxylic acids is 1. The zero-order valence-electron chi connectivity index (χ0n) is 14.9. The van der Waals surface area contributed by atoms with E-state index >= 15 is 0 Å². The zero-order chi connectivity index (χ0) is 17.7. The number of halogens is 1. The molecule has 142 valence electrons. The topological polar surface area (TPSA) is 75.7 Å². The number of ether oxygens (including phenoxy) is 1. The van der Waals surface area contributed by atoms with Gasteiger partial charge in [0.05, 0.1) is 17.6 Å². The third kappa shape index (κ3) is 5.17. The molecule has 0 unspecified atom stereocenters. The van der Waals surface area contributed by atoms with Gasteiger partial charge in [-0.25, -0.2) is 13.2 Å². The van der Waals surface area contributed by atoms with Crippen molar-refractivity contribution in [2.45, 2.75) is 31.6 Å². The number of sulfonamides is 1. The number of benzene rings is 1. The smallest absolute Gasteiger partial charge is 0.337 e. The molecule has 1 aliphatic rings. The molecular formula is C17H27ClN2O4S. The van der Waals surface area contributed by atoms with Gasteiger partial charge in [0.1, 0.15) is 0 Å². The van der Waals surface area contributed by atoms with Gasteiger partial charge in [0.2, 0.25) is 10.0 Å². The summed E-state index contributed by atoms with van der Waals surface area (Å²) in [5.41, 5.74) is 0.890. The molecule has 0 bridgehead atoms. The molecule has 1 fully saturated rings. The highest BCUT2D eigenvalue weighted by Crippen LogP contribution is 2.26. The number of rotatable bonds is 6. The summed E-state index contributed by atoms with van der Waals surface area (Å²) in [5, 5.41) is 3.32. The molecule has 1 N–H and O–H groups in total. The Balaban J connectivity index is 0.00000312. The summed E-state index contributed by atoms with van der Waals surface area (Å²) in [5.74, 6) is -0.0188. The third-order valence-electron chi connectivity index (χ3n) is 4.48. The number of nitrogens with one attached hydrogen (secondary N) is 1. The molecule has 1 heterocycles. The fourth-order valence-electron chi connectivity index (χ4n) is 2.96. The van der Waals surface area contributed by atoms with Crippen molar-refractivity contribution >= 4 is 28.4 Å². The summed E-state index contributed by atoms with van der Waals surface area (Å²) in [6.45, 7) is 6.70. The Hall–Kier alpha value is -1.15. The van der Waals surface area contributed by atoms with Crippen LogP contribution in [-0.4, -0.2) is 52.0 Å². The van der Waals surface area contributed by atoms with Gasteiger partial charge in [0, 0.05) is 13.1 Å². The maximum atomic E-state index is 13.0. The van der Waals surface area contributed by atoms with Crippen molar-refractivity contribution in [2.75, 3.05) is 33.3 Å². The molecule has 25 heavy (non-hydrogen) atoms. The lowest BCUT2D eigenvalue weighted by molar-refractivity contribution is 0.0600. The number of carbonyl (C=O) groups is 1. The minimum Gasteiger partial charge on any atom is -0.465 e. The number of methoxy groups -OCH3 is 1. The molecule has 8 heteroatoms. The van der Waals surface area contributed by atoms with Crippen LogP contribution in [0.5, 0.6) is 0 Å². The van der Waals surface area contributed by atoms with Gasteiger partial charge in [0.25, 0.3) is 0 Å². The molecule has 0 aromatic heterocycles. The minimum atomic E-state index is -3.60. The number of piperidine rings is 1. The molecule has 0 radical (unpaired) electrons. The number of hydrogen-bond acceptors (Lipinski definition) is 5. The predicted octanol–water partition coefficient (Wildman–Crippen LogP) is 2.21. The van der Waals surface area contributed by atoms with E-state index in [2.05, 4.69) is 17.0 Å². The molecule has 1 aromatic rings. The Morgan fingerprint density at radius 1 is 1.32 bits per heavy atom. The number of hydrogen-bond donors (Lipinski definition) is 1. The fourth-order valence-corrected chi connectivity index (χ4v) is 4.68. The summed E-state index contributed by atoms with van der Waals surface area (Å²) in [7, 11) is -2.31. The molecule has 6 nitrogen and oxygen atoms in total. The number of nitrogens with zero attached hydrogens (tertiary/aromatic N) is 1. The summed E-state index contributed by atoms with van der Waals surface area (Å²) in [6.07, 6.45) is 1.70. The molecular weight excluding hydrogens is 364 g/mol. The van der Waals surface area contributed by atoms with E-state index in [4.69, 9.17) is 0 Å². The Kier molecular flexibility index (Phi) is 8.34. The lowest BCUT2D eigenvalue weighted by Crippen LogP contribution is -2.41. The second-order valence-corrected chi connectivity index (χ2v) is 8.03. The molecule has 0 spiro atoms. The van der Waals surface area contributed by atoms with Gasteiger partial charge in [-0.15, -0.1) is 12.4 Å². The van der Waals surface area contributed by atoms with Gasteiger partial charge in [-0.2, -0.15) is 4.31 Å². The average molecular weight is 391 g/mol. The van der Waals surface area contributed by atoms with Crippen molar-refractivity contribution in [3.63, 3.8) is 0 Å². The summed E-state index contributed by atoms with van der Waals surface area (Å²) < 4.78 is 32.1. The Labute approximate surface area is 156 Å². The van der Waals surface area contributed by atoms with Gasteiger partial charge >= 0.3 is 5.97 Å². The van der Waals surface area contributed by atoms with Crippen molar-refractivity contribution in [1.82, 2.24) is 9.62 Å². The Bertz CT molecular complexity index is 686. The first-order valence-electron chi connectivity index (χ1n) is 8.30. The summed E-state index contributed by atoms with van der Waals surface area (Å²) in [4.78, 5) is 11.9. The summed E-state index contributed by atoms with van der Waals surface area (Å²) in [6, 6.07) is 4.65. The van der Waals surface area contributed by atoms with Crippen molar-refractivity contribution in [3.8, 4) is 0 Å². The Morgan fingerprint density at radius 3 is 2.52 bits per heavy atom. The van der Waals surface area contributed by atoms with Crippen LogP contribution >= 0.6 is 12.4 Å². The zero-order valence-corrected chi connectivity index (χ0v) is 16.6. The van der Waals surface area contributed by atoms with Crippen LogP contribution in [0.4, 0.5) is 0 Å². The molecule has 0 amide bonds. The lowest BCUT2D eigenvalue weighted by atomic mass is 9.98. The van der Waals surface area contributed by atoms with Crippen LogP contribution < -0.4 is 5.32 Å². The molecule has 0 atom stereocenters. The number of aryl methyl sites for hydroxylation is 1. The predicted molar refractivity (Wildman–Crippen MR) is 99.8 cm³/mol. The van der Waals surface area contributed by atoms with E-state index in [-0.39, 0.29) is 22.9 Å². The van der Waals surface area contributed by atoms with Crippen LogP contribution in [0.3, 0.4) is 0 Å².